The SMILES string of the molecule is CCC(C)Cn1nnc(C(=O)OC)c1C1CCCN1. The van der Waals surface area contributed by atoms with E-state index in [0.29, 0.717) is 11.6 Å². The van der Waals surface area contributed by atoms with Crippen LogP contribution in [0.25, 0.3) is 0 Å². The second-order valence-electron chi connectivity index (χ2n) is 5.16. The van der Waals surface area contributed by atoms with Crippen molar-refractivity contribution in [2.24, 2.45) is 5.92 Å². The van der Waals surface area contributed by atoms with Gasteiger partial charge in [-0.15, -0.1) is 5.10 Å². The molecule has 0 radical (unpaired) electrons. The van der Waals surface area contributed by atoms with Crippen LogP contribution in [0.15, 0.2) is 0 Å². The third-order valence-corrected chi connectivity index (χ3v) is 3.72. The van der Waals surface area contributed by atoms with E-state index in [1.165, 1.54) is 7.11 Å². The van der Waals surface area contributed by atoms with E-state index in [2.05, 4.69) is 29.5 Å². The number of carbonyl (C=O) groups excluding carboxylic acids is 1. The van der Waals surface area contributed by atoms with Gasteiger partial charge in [-0.25, -0.2) is 9.48 Å². The fraction of sp³-hybridized carbons (Fsp3) is 0.769. The minimum atomic E-state index is -0.404. The van der Waals surface area contributed by atoms with Gasteiger partial charge in [0, 0.05) is 6.54 Å². The van der Waals surface area contributed by atoms with Crippen molar-refractivity contribution >= 4 is 5.97 Å². The number of ether oxygens (including phenoxy) is 1. The number of carbonyl (C=O) groups is 1. The Balaban J connectivity index is 2.31. The fourth-order valence-electron chi connectivity index (χ4n) is 2.38. The summed E-state index contributed by atoms with van der Waals surface area (Å²) < 4.78 is 6.66. The Labute approximate surface area is 113 Å². The second kappa shape index (κ2) is 6.14. The summed E-state index contributed by atoms with van der Waals surface area (Å²) in [7, 11) is 1.38. The molecule has 0 spiro atoms. The lowest BCUT2D eigenvalue weighted by molar-refractivity contribution is 0.0591. The molecule has 106 valence electrons. The van der Waals surface area contributed by atoms with Gasteiger partial charge in [0.25, 0.3) is 0 Å². The molecule has 1 aromatic rings. The van der Waals surface area contributed by atoms with Crippen LogP contribution in [0.1, 0.15) is 55.3 Å². The summed E-state index contributed by atoms with van der Waals surface area (Å²) in [4.78, 5) is 11.8. The van der Waals surface area contributed by atoms with Gasteiger partial charge in [-0.2, -0.15) is 0 Å². The molecule has 6 nitrogen and oxygen atoms in total. The molecule has 0 aliphatic carbocycles. The van der Waals surface area contributed by atoms with Crippen LogP contribution in [-0.4, -0.2) is 34.6 Å². The van der Waals surface area contributed by atoms with Crippen molar-refractivity contribution in [1.29, 1.82) is 0 Å². The predicted molar refractivity (Wildman–Crippen MR) is 70.8 cm³/mol. The van der Waals surface area contributed by atoms with E-state index in [4.69, 9.17) is 4.74 Å². The first-order chi connectivity index (χ1) is 9.17. The molecule has 1 aromatic heterocycles. The molecule has 2 heterocycles. The van der Waals surface area contributed by atoms with Gasteiger partial charge >= 0.3 is 5.97 Å². The molecule has 0 aromatic carbocycles. The molecule has 2 unspecified atom stereocenters. The van der Waals surface area contributed by atoms with E-state index in [1.54, 1.807) is 0 Å². The van der Waals surface area contributed by atoms with Crippen LogP contribution in [0.4, 0.5) is 0 Å². The number of rotatable bonds is 5. The van der Waals surface area contributed by atoms with Gasteiger partial charge in [-0.3, -0.25) is 0 Å². The first kappa shape index (κ1) is 14.0. The first-order valence-corrected chi connectivity index (χ1v) is 6.92. The van der Waals surface area contributed by atoms with Crippen LogP contribution >= 0.6 is 0 Å². The standard InChI is InChI=1S/C13H22N4O2/c1-4-9(2)8-17-12(10-6-5-7-14-10)11(15-16-17)13(18)19-3/h9-10,14H,4-8H2,1-3H3. The van der Waals surface area contributed by atoms with E-state index in [9.17, 15) is 4.79 Å². The Morgan fingerprint density at radius 1 is 1.63 bits per heavy atom. The zero-order valence-electron chi connectivity index (χ0n) is 11.8. The van der Waals surface area contributed by atoms with Gasteiger partial charge in [-0.1, -0.05) is 25.5 Å². The second-order valence-corrected chi connectivity index (χ2v) is 5.16. The summed E-state index contributed by atoms with van der Waals surface area (Å²) in [6.45, 7) is 6.08. The number of hydrogen-bond acceptors (Lipinski definition) is 5. The molecule has 1 aliphatic rings. The number of hydrogen-bond donors (Lipinski definition) is 1. The van der Waals surface area contributed by atoms with E-state index in [-0.39, 0.29) is 6.04 Å². The lowest BCUT2D eigenvalue weighted by Gasteiger charge is -2.16. The quantitative estimate of drug-likeness (QED) is 0.819. The van der Waals surface area contributed by atoms with Crippen molar-refractivity contribution in [2.75, 3.05) is 13.7 Å². The summed E-state index contributed by atoms with van der Waals surface area (Å²) in [6, 6.07) is 0.160. The molecular weight excluding hydrogens is 244 g/mol. The van der Waals surface area contributed by atoms with Crippen LogP contribution in [0.5, 0.6) is 0 Å². The van der Waals surface area contributed by atoms with Gasteiger partial charge in [0.15, 0.2) is 5.69 Å². The topological polar surface area (TPSA) is 69.0 Å². The molecule has 2 atom stereocenters. The van der Waals surface area contributed by atoms with Crippen molar-refractivity contribution in [1.82, 2.24) is 20.3 Å². The van der Waals surface area contributed by atoms with Gasteiger partial charge in [0.1, 0.15) is 0 Å². The van der Waals surface area contributed by atoms with Crippen molar-refractivity contribution in [3.05, 3.63) is 11.4 Å². The molecule has 0 saturated carbocycles. The van der Waals surface area contributed by atoms with Crippen molar-refractivity contribution in [3.8, 4) is 0 Å². The van der Waals surface area contributed by atoms with Crippen LogP contribution in [0.2, 0.25) is 0 Å². The minimum absolute atomic E-state index is 0.160. The minimum Gasteiger partial charge on any atom is -0.464 e. The molecule has 0 bridgehead atoms. The molecule has 1 fully saturated rings. The fourth-order valence-corrected chi connectivity index (χ4v) is 2.38. The number of aromatic nitrogens is 3. The van der Waals surface area contributed by atoms with E-state index in [1.807, 2.05) is 4.68 Å². The van der Waals surface area contributed by atoms with Crippen LogP contribution in [0, 0.1) is 5.92 Å². The van der Waals surface area contributed by atoms with Crippen LogP contribution in [0.3, 0.4) is 0 Å². The first-order valence-electron chi connectivity index (χ1n) is 6.92. The molecule has 1 saturated heterocycles. The molecule has 0 amide bonds. The maximum atomic E-state index is 11.8. The zero-order valence-corrected chi connectivity index (χ0v) is 11.8. The third kappa shape index (κ3) is 2.94. The van der Waals surface area contributed by atoms with Gasteiger partial charge in [-0.05, 0) is 25.3 Å². The molecule has 6 heteroatoms. The maximum Gasteiger partial charge on any atom is 0.360 e. The smallest absolute Gasteiger partial charge is 0.360 e. The Bertz CT molecular complexity index is 438. The van der Waals surface area contributed by atoms with Gasteiger partial charge in [0.2, 0.25) is 0 Å². The van der Waals surface area contributed by atoms with E-state index < -0.39 is 5.97 Å². The largest absolute Gasteiger partial charge is 0.464 e. The maximum absolute atomic E-state index is 11.8. The average Bonchev–Trinajstić information content (AvgIpc) is 3.06. The summed E-state index contributed by atoms with van der Waals surface area (Å²) >= 11 is 0. The van der Waals surface area contributed by atoms with Gasteiger partial charge < -0.3 is 10.1 Å². The number of methoxy groups -OCH3 is 1. The Kier molecular flexibility index (Phi) is 4.52. The summed E-state index contributed by atoms with van der Waals surface area (Å²) in [5.74, 6) is 0.103. The number of esters is 1. The highest BCUT2D eigenvalue weighted by Gasteiger charge is 2.29. The molecular formula is C13H22N4O2. The van der Waals surface area contributed by atoms with Crippen molar-refractivity contribution in [2.45, 2.75) is 45.7 Å². The third-order valence-electron chi connectivity index (χ3n) is 3.72. The highest BCUT2D eigenvalue weighted by molar-refractivity contribution is 5.88. The normalized spacial score (nSPS) is 20.5. The Hall–Kier alpha value is -1.43. The summed E-state index contributed by atoms with van der Waals surface area (Å²) in [6.07, 6.45) is 3.20. The van der Waals surface area contributed by atoms with Gasteiger partial charge in [0.05, 0.1) is 18.8 Å². The lowest BCUT2D eigenvalue weighted by Crippen LogP contribution is -2.22. The molecule has 1 N–H and O–H groups in total. The molecule has 2 rings (SSSR count). The highest BCUT2D eigenvalue weighted by atomic mass is 16.5. The summed E-state index contributed by atoms with van der Waals surface area (Å²) in [5, 5.41) is 11.6. The molecule has 19 heavy (non-hydrogen) atoms. The van der Waals surface area contributed by atoms with E-state index in [0.717, 1.165) is 38.0 Å². The van der Waals surface area contributed by atoms with E-state index >= 15 is 0 Å². The predicted octanol–water partition coefficient (Wildman–Crippen LogP) is 1.54. The molecule has 1 aliphatic heterocycles. The van der Waals surface area contributed by atoms with Crippen molar-refractivity contribution in [3.63, 3.8) is 0 Å². The average molecular weight is 266 g/mol. The summed E-state index contributed by atoms with van der Waals surface area (Å²) in [5.41, 5.74) is 1.23. The number of nitrogens with one attached hydrogen (secondary N) is 1. The monoisotopic (exact) mass is 266 g/mol. The van der Waals surface area contributed by atoms with Crippen LogP contribution < -0.4 is 5.32 Å². The highest BCUT2D eigenvalue weighted by Crippen LogP contribution is 2.26. The zero-order chi connectivity index (χ0) is 13.8. The Morgan fingerprint density at radius 2 is 2.42 bits per heavy atom. The van der Waals surface area contributed by atoms with Crippen LogP contribution in [-0.2, 0) is 11.3 Å². The number of nitrogens with zero attached hydrogens (tertiary/aromatic N) is 3. The Morgan fingerprint density at radius 3 is 3.00 bits per heavy atom. The van der Waals surface area contributed by atoms with Crippen molar-refractivity contribution < 1.29 is 9.53 Å². The lowest BCUT2D eigenvalue weighted by atomic mass is 10.1.